The van der Waals surface area contributed by atoms with Crippen molar-refractivity contribution in [2.45, 2.75) is 92.0 Å². The van der Waals surface area contributed by atoms with Gasteiger partial charge in [-0.3, -0.25) is 18.7 Å². The molecule has 1 unspecified atom stereocenters. The van der Waals surface area contributed by atoms with Gasteiger partial charge < -0.3 is 29.5 Å². The molecule has 12 heteroatoms. The summed E-state index contributed by atoms with van der Waals surface area (Å²) in [7, 11) is 0. The number of aliphatic hydroxyl groups is 1. The van der Waals surface area contributed by atoms with Crippen LogP contribution in [0.4, 0.5) is 5.95 Å². The largest absolute Gasteiger partial charge is 0.484 e. The molecule has 0 spiro atoms. The number of aromatic nitrogens is 4. The average Bonchev–Trinajstić information content (AvgIpc) is 3.43. The molecule has 2 N–H and O–H groups in total. The molecule has 0 saturated carbocycles. The van der Waals surface area contributed by atoms with Gasteiger partial charge in [0.15, 0.2) is 17.8 Å². The number of imidazole rings is 1. The maximum absolute atomic E-state index is 13.6. The van der Waals surface area contributed by atoms with Crippen LogP contribution in [0.5, 0.6) is 5.75 Å². The summed E-state index contributed by atoms with van der Waals surface area (Å²) in [4.78, 5) is 48.6. The van der Waals surface area contributed by atoms with Crippen LogP contribution in [0.1, 0.15) is 65.4 Å². The lowest BCUT2D eigenvalue weighted by atomic mass is 10.1. The molecule has 3 aromatic rings. The fraction of sp³-hybridized carbons (Fsp3) is 0.636. The first-order valence-electron chi connectivity index (χ1n) is 16.6. The number of unbranched alkanes of at least 4 members (excludes halogenated alkanes) is 1. The summed E-state index contributed by atoms with van der Waals surface area (Å²) in [6.45, 7) is 14.5. The Labute approximate surface area is 265 Å². The van der Waals surface area contributed by atoms with Gasteiger partial charge in [-0.1, -0.05) is 39.3 Å². The third-order valence-electron chi connectivity index (χ3n) is 8.52. The van der Waals surface area contributed by atoms with E-state index in [0.717, 1.165) is 63.8 Å². The minimum atomic E-state index is -0.608. The number of carbonyl (C=O) groups is 1. The maximum Gasteiger partial charge on any atom is 0.332 e. The van der Waals surface area contributed by atoms with Gasteiger partial charge in [0.2, 0.25) is 5.95 Å². The molecule has 3 heterocycles. The van der Waals surface area contributed by atoms with Crippen molar-refractivity contribution in [3.8, 4) is 5.75 Å². The minimum absolute atomic E-state index is 0.0152. The molecule has 0 radical (unpaired) electrons. The third-order valence-corrected chi connectivity index (χ3v) is 8.52. The van der Waals surface area contributed by atoms with Gasteiger partial charge in [-0.05, 0) is 76.4 Å². The second kappa shape index (κ2) is 16.6. The number of hydrogen-bond donors (Lipinski definition) is 2. The van der Waals surface area contributed by atoms with Crippen molar-refractivity contribution in [1.29, 1.82) is 0 Å². The standard InChI is InChI=1S/C33H51N7O5/c1-5-8-20-39-30-29(31(43)40(33(39)44)23-15-25(4)41)38-21-10-19-37(32(38)35-30)22-16-26-11-13-27(14-12-26)45-24-28(42)34-17-9-18-36(6-2)7-3/h11-14,25,41H,5-10,15-24H2,1-4H3,(H,34,42). The van der Waals surface area contributed by atoms with Gasteiger partial charge in [0.25, 0.3) is 11.5 Å². The highest BCUT2D eigenvalue weighted by Crippen LogP contribution is 2.25. The topological polar surface area (TPSA) is 127 Å². The van der Waals surface area contributed by atoms with Crippen LogP contribution in [0.15, 0.2) is 33.9 Å². The summed E-state index contributed by atoms with van der Waals surface area (Å²) in [6, 6.07) is 7.79. The van der Waals surface area contributed by atoms with Gasteiger partial charge in [-0.2, -0.15) is 4.98 Å². The van der Waals surface area contributed by atoms with E-state index in [9.17, 15) is 19.5 Å². The van der Waals surface area contributed by atoms with E-state index in [4.69, 9.17) is 9.72 Å². The Kier molecular flexibility index (Phi) is 12.6. The highest BCUT2D eigenvalue weighted by atomic mass is 16.5. The Balaban J connectivity index is 1.40. The van der Waals surface area contributed by atoms with Crippen LogP contribution in [-0.2, 0) is 30.8 Å². The van der Waals surface area contributed by atoms with E-state index < -0.39 is 6.10 Å². The molecule has 12 nitrogen and oxygen atoms in total. The lowest BCUT2D eigenvalue weighted by molar-refractivity contribution is -0.123. The molecule has 0 saturated heterocycles. The number of carbonyl (C=O) groups excluding carboxylic acids is 1. The first-order valence-corrected chi connectivity index (χ1v) is 16.6. The number of hydrogen-bond acceptors (Lipinski definition) is 8. The number of aryl methyl sites for hydroxylation is 2. The van der Waals surface area contributed by atoms with Crippen LogP contribution >= 0.6 is 0 Å². The number of anilines is 1. The molecule has 1 aliphatic rings. The van der Waals surface area contributed by atoms with Crippen LogP contribution in [0, 0.1) is 0 Å². The highest BCUT2D eigenvalue weighted by molar-refractivity contribution is 5.77. The quantitative estimate of drug-likeness (QED) is 0.207. The molecule has 1 aliphatic heterocycles. The van der Waals surface area contributed by atoms with E-state index in [-0.39, 0.29) is 30.3 Å². The smallest absolute Gasteiger partial charge is 0.332 e. The first kappa shape index (κ1) is 34.2. The van der Waals surface area contributed by atoms with Crippen molar-refractivity contribution in [3.63, 3.8) is 0 Å². The molecule has 0 aliphatic carbocycles. The van der Waals surface area contributed by atoms with Crippen molar-refractivity contribution in [2.24, 2.45) is 0 Å². The maximum atomic E-state index is 13.6. The number of amides is 1. The van der Waals surface area contributed by atoms with Crippen LogP contribution < -0.4 is 26.2 Å². The Morgan fingerprint density at radius 1 is 1.04 bits per heavy atom. The number of benzene rings is 1. The molecule has 0 fully saturated rings. The number of rotatable bonds is 18. The first-order chi connectivity index (χ1) is 21.8. The normalized spacial score (nSPS) is 13.8. The summed E-state index contributed by atoms with van der Waals surface area (Å²) in [5.74, 6) is 1.24. The van der Waals surface area contributed by atoms with E-state index >= 15 is 0 Å². The van der Waals surface area contributed by atoms with Gasteiger partial charge in [-0.25, -0.2) is 4.79 Å². The van der Waals surface area contributed by atoms with Crippen molar-refractivity contribution in [1.82, 2.24) is 28.9 Å². The molecular weight excluding hydrogens is 574 g/mol. The van der Waals surface area contributed by atoms with Crippen LogP contribution in [0.25, 0.3) is 11.2 Å². The zero-order chi connectivity index (χ0) is 32.3. The van der Waals surface area contributed by atoms with Gasteiger partial charge in [0, 0.05) is 39.3 Å². The third kappa shape index (κ3) is 8.76. The summed E-state index contributed by atoms with van der Waals surface area (Å²) < 4.78 is 10.6. The fourth-order valence-corrected chi connectivity index (χ4v) is 5.78. The molecule has 45 heavy (non-hydrogen) atoms. The predicted molar refractivity (Wildman–Crippen MR) is 177 cm³/mol. The SMILES string of the molecule is CCCCn1c(=O)n(CCC(C)O)c(=O)c2c1nc1n2CCCN1CCc1ccc(OCC(=O)NCCCN(CC)CC)cc1. The molecule has 248 valence electrons. The lowest BCUT2D eigenvalue weighted by Crippen LogP contribution is -2.41. The van der Waals surface area contributed by atoms with Gasteiger partial charge in [0.05, 0.1) is 6.10 Å². The Morgan fingerprint density at radius 2 is 1.80 bits per heavy atom. The van der Waals surface area contributed by atoms with E-state index in [1.54, 1.807) is 11.5 Å². The lowest BCUT2D eigenvalue weighted by Gasteiger charge is -2.29. The number of aliphatic hydroxyl groups excluding tert-OH is 1. The van der Waals surface area contributed by atoms with Crippen LogP contribution in [0.2, 0.25) is 0 Å². The van der Waals surface area contributed by atoms with E-state index in [2.05, 4.69) is 35.9 Å². The number of nitrogens with zero attached hydrogens (tertiary/aromatic N) is 6. The van der Waals surface area contributed by atoms with E-state index in [1.165, 1.54) is 4.57 Å². The average molecular weight is 626 g/mol. The van der Waals surface area contributed by atoms with Crippen molar-refractivity contribution in [2.75, 3.05) is 50.8 Å². The molecule has 1 atom stereocenters. The highest BCUT2D eigenvalue weighted by Gasteiger charge is 2.26. The van der Waals surface area contributed by atoms with Gasteiger partial charge in [0.1, 0.15) is 5.75 Å². The van der Waals surface area contributed by atoms with Crippen LogP contribution in [0.3, 0.4) is 0 Å². The molecule has 2 aromatic heterocycles. The molecule has 4 rings (SSSR count). The molecule has 1 aromatic carbocycles. The fourth-order valence-electron chi connectivity index (χ4n) is 5.78. The number of nitrogens with one attached hydrogen (secondary N) is 1. The van der Waals surface area contributed by atoms with Gasteiger partial charge in [-0.15, -0.1) is 0 Å². The Bertz CT molecular complexity index is 1500. The summed E-state index contributed by atoms with van der Waals surface area (Å²) >= 11 is 0. The number of fused-ring (bicyclic) bond motifs is 3. The Hall–Kier alpha value is -3.64. The van der Waals surface area contributed by atoms with Crippen molar-refractivity contribution < 1.29 is 14.6 Å². The summed E-state index contributed by atoms with van der Waals surface area (Å²) in [5.41, 5.74) is 1.33. The van der Waals surface area contributed by atoms with Crippen molar-refractivity contribution >= 4 is 23.0 Å². The Morgan fingerprint density at radius 3 is 2.49 bits per heavy atom. The van der Waals surface area contributed by atoms with Gasteiger partial charge >= 0.3 is 5.69 Å². The number of ether oxygens (including phenoxy) is 1. The zero-order valence-electron chi connectivity index (χ0n) is 27.5. The zero-order valence-corrected chi connectivity index (χ0v) is 27.5. The minimum Gasteiger partial charge on any atom is -0.484 e. The molecular formula is C33H51N7O5. The summed E-state index contributed by atoms with van der Waals surface area (Å²) in [6.07, 6.45) is 3.97. The molecule has 0 bridgehead atoms. The van der Waals surface area contributed by atoms with Crippen molar-refractivity contribution in [3.05, 3.63) is 50.7 Å². The van der Waals surface area contributed by atoms with E-state index in [0.29, 0.717) is 55.5 Å². The van der Waals surface area contributed by atoms with Crippen LogP contribution in [-0.4, -0.2) is 86.6 Å². The van der Waals surface area contributed by atoms with E-state index in [1.807, 2.05) is 28.8 Å². The molecule has 1 amide bonds. The monoisotopic (exact) mass is 625 g/mol. The second-order valence-electron chi connectivity index (χ2n) is 11.9. The second-order valence-corrected chi connectivity index (χ2v) is 11.9. The predicted octanol–water partition coefficient (Wildman–Crippen LogP) is 2.61. The summed E-state index contributed by atoms with van der Waals surface area (Å²) in [5, 5.41) is 12.7.